The first-order chi connectivity index (χ1) is 8.65. The lowest BCUT2D eigenvalue weighted by Gasteiger charge is -2.15. The van der Waals surface area contributed by atoms with Gasteiger partial charge < -0.3 is 9.67 Å². The summed E-state index contributed by atoms with van der Waals surface area (Å²) in [5.41, 5.74) is 1.11. The van der Waals surface area contributed by atoms with Crippen LogP contribution in [0.25, 0.3) is 11.4 Å². The Labute approximate surface area is 105 Å². The number of carbonyl (C=O) groups is 1. The Hall–Kier alpha value is -2.10. The fraction of sp³-hybridized carbons (Fsp3) is 0.286. The number of aryl methyl sites for hydroxylation is 1. The van der Waals surface area contributed by atoms with E-state index in [2.05, 4.69) is 4.98 Å². The number of aromatic nitrogens is 2. The smallest absolute Gasteiger partial charge is 0.314 e. The summed E-state index contributed by atoms with van der Waals surface area (Å²) in [6, 6.07) is 7.67. The van der Waals surface area contributed by atoms with Crippen LogP contribution in [0.2, 0.25) is 0 Å². The molecule has 0 radical (unpaired) electrons. The van der Waals surface area contributed by atoms with Gasteiger partial charge in [-0.3, -0.25) is 4.79 Å². The van der Waals surface area contributed by atoms with Crippen LogP contribution in [0, 0.1) is 0 Å². The number of carboxylic acids is 1. The average molecular weight is 242 g/mol. The number of nitrogens with zero attached hydrogens (tertiary/aromatic N) is 2. The zero-order valence-corrected chi connectivity index (χ0v) is 10.1. The first kappa shape index (κ1) is 11.0. The van der Waals surface area contributed by atoms with Crippen LogP contribution in [0.3, 0.4) is 0 Å². The maximum absolute atomic E-state index is 11.5. The maximum Gasteiger partial charge on any atom is 0.314 e. The molecule has 0 spiro atoms. The summed E-state index contributed by atoms with van der Waals surface area (Å²) in [6.45, 7) is 0. The Morgan fingerprint density at radius 3 is 2.67 bits per heavy atom. The lowest BCUT2D eigenvalue weighted by atomic mass is 9.91. The van der Waals surface area contributed by atoms with Crippen LogP contribution in [0.1, 0.15) is 18.4 Å². The van der Waals surface area contributed by atoms with Crippen molar-refractivity contribution in [2.75, 3.05) is 0 Å². The first-order valence-corrected chi connectivity index (χ1v) is 5.96. The second-order valence-corrected chi connectivity index (χ2v) is 4.79. The molecule has 1 aromatic heterocycles. The van der Waals surface area contributed by atoms with Crippen molar-refractivity contribution in [1.82, 2.24) is 9.55 Å². The molecule has 18 heavy (non-hydrogen) atoms. The van der Waals surface area contributed by atoms with Crippen LogP contribution in [-0.4, -0.2) is 20.6 Å². The highest BCUT2D eigenvalue weighted by Gasteiger charge is 2.53. The normalized spacial score (nSPS) is 16.5. The molecular formula is C14H14N2O2. The first-order valence-electron chi connectivity index (χ1n) is 5.96. The van der Waals surface area contributed by atoms with Crippen LogP contribution >= 0.6 is 0 Å². The molecular weight excluding hydrogens is 228 g/mol. The molecule has 0 saturated heterocycles. The third-order valence-electron chi connectivity index (χ3n) is 3.66. The fourth-order valence-corrected chi connectivity index (χ4v) is 2.44. The molecule has 1 saturated carbocycles. The second kappa shape index (κ2) is 3.70. The molecule has 0 unspecified atom stereocenters. The van der Waals surface area contributed by atoms with Gasteiger partial charge in [0.25, 0.3) is 0 Å². The molecule has 0 amide bonds. The monoisotopic (exact) mass is 242 g/mol. The van der Waals surface area contributed by atoms with Gasteiger partial charge in [0, 0.05) is 25.0 Å². The molecule has 0 atom stereocenters. The van der Waals surface area contributed by atoms with Crippen LogP contribution in [0.15, 0.2) is 36.7 Å². The van der Waals surface area contributed by atoms with Crippen LogP contribution in [0.4, 0.5) is 0 Å². The lowest BCUT2D eigenvalue weighted by molar-refractivity contribution is -0.140. The standard InChI is InChI=1S/C14H14N2O2/c1-16-9-8-15-12(16)10-4-2-3-5-11(10)14(6-7-14)13(17)18/h2-5,8-9H,6-7H2,1H3,(H,17,18). The van der Waals surface area contributed by atoms with Gasteiger partial charge in [0.15, 0.2) is 0 Å². The van der Waals surface area contributed by atoms with E-state index in [1.807, 2.05) is 42.1 Å². The topological polar surface area (TPSA) is 55.1 Å². The SMILES string of the molecule is Cn1ccnc1-c1ccccc1C1(C(=O)O)CC1. The largest absolute Gasteiger partial charge is 0.481 e. The number of carboxylic acid groups (broad SMARTS) is 1. The van der Waals surface area contributed by atoms with E-state index in [-0.39, 0.29) is 0 Å². The number of aliphatic carboxylic acids is 1. The van der Waals surface area contributed by atoms with Crippen molar-refractivity contribution in [2.24, 2.45) is 7.05 Å². The number of imidazole rings is 1. The predicted octanol–water partition coefficient (Wildman–Crippen LogP) is 2.20. The van der Waals surface area contributed by atoms with Gasteiger partial charge in [-0.1, -0.05) is 24.3 Å². The van der Waals surface area contributed by atoms with E-state index in [0.29, 0.717) is 12.8 Å². The highest BCUT2D eigenvalue weighted by atomic mass is 16.4. The third-order valence-corrected chi connectivity index (χ3v) is 3.66. The number of hydrogen-bond donors (Lipinski definition) is 1. The van der Waals surface area contributed by atoms with Crippen molar-refractivity contribution in [1.29, 1.82) is 0 Å². The molecule has 1 aliphatic rings. The van der Waals surface area contributed by atoms with Crippen molar-refractivity contribution in [3.63, 3.8) is 0 Å². The average Bonchev–Trinajstić information content (AvgIpc) is 3.07. The Bertz CT molecular complexity index is 612. The Morgan fingerprint density at radius 1 is 1.39 bits per heavy atom. The van der Waals surface area contributed by atoms with E-state index < -0.39 is 11.4 Å². The Balaban J connectivity index is 2.18. The van der Waals surface area contributed by atoms with Gasteiger partial charge in [-0.05, 0) is 18.4 Å². The van der Waals surface area contributed by atoms with E-state index >= 15 is 0 Å². The van der Waals surface area contributed by atoms with Crippen molar-refractivity contribution in [2.45, 2.75) is 18.3 Å². The van der Waals surface area contributed by atoms with E-state index in [4.69, 9.17) is 0 Å². The van der Waals surface area contributed by atoms with E-state index in [1.54, 1.807) is 6.20 Å². The third kappa shape index (κ3) is 1.45. The number of hydrogen-bond acceptors (Lipinski definition) is 2. The lowest BCUT2D eigenvalue weighted by Crippen LogP contribution is -2.20. The summed E-state index contributed by atoms with van der Waals surface area (Å²) in [6.07, 6.45) is 5.02. The molecule has 4 nitrogen and oxygen atoms in total. The summed E-state index contributed by atoms with van der Waals surface area (Å²) < 4.78 is 1.91. The number of rotatable bonds is 3. The molecule has 4 heteroatoms. The second-order valence-electron chi connectivity index (χ2n) is 4.79. The highest BCUT2D eigenvalue weighted by molar-refractivity contribution is 5.88. The van der Waals surface area contributed by atoms with Gasteiger partial charge in [0.1, 0.15) is 5.82 Å². The molecule has 92 valence electrons. The van der Waals surface area contributed by atoms with Crippen molar-refractivity contribution >= 4 is 5.97 Å². The molecule has 1 fully saturated rings. The zero-order chi connectivity index (χ0) is 12.8. The van der Waals surface area contributed by atoms with Crippen LogP contribution in [0.5, 0.6) is 0 Å². The minimum atomic E-state index is -0.732. The summed E-state index contributed by atoms with van der Waals surface area (Å²) >= 11 is 0. The highest BCUT2D eigenvalue weighted by Crippen LogP contribution is 2.51. The minimum absolute atomic E-state index is 0.692. The van der Waals surface area contributed by atoms with E-state index in [1.165, 1.54) is 0 Å². The van der Waals surface area contributed by atoms with Crippen molar-refractivity contribution in [3.8, 4) is 11.4 Å². The van der Waals surface area contributed by atoms with E-state index in [9.17, 15) is 9.90 Å². The molecule has 2 aromatic rings. The van der Waals surface area contributed by atoms with Gasteiger partial charge in [-0.25, -0.2) is 4.98 Å². The number of benzene rings is 1. The Kier molecular flexibility index (Phi) is 2.26. The fourth-order valence-electron chi connectivity index (χ4n) is 2.44. The molecule has 1 aromatic carbocycles. The summed E-state index contributed by atoms with van der Waals surface area (Å²) in [4.78, 5) is 15.8. The van der Waals surface area contributed by atoms with Crippen LogP contribution in [-0.2, 0) is 17.3 Å². The Morgan fingerprint density at radius 2 is 2.11 bits per heavy atom. The summed E-state index contributed by atoms with van der Waals surface area (Å²) in [5, 5.41) is 9.42. The van der Waals surface area contributed by atoms with Crippen LogP contribution < -0.4 is 0 Å². The molecule has 0 aliphatic heterocycles. The maximum atomic E-state index is 11.5. The molecule has 1 heterocycles. The van der Waals surface area contributed by atoms with Gasteiger partial charge in [-0.15, -0.1) is 0 Å². The molecule has 1 N–H and O–H groups in total. The van der Waals surface area contributed by atoms with Gasteiger partial charge in [0.05, 0.1) is 5.41 Å². The molecule has 3 rings (SSSR count). The molecule has 0 bridgehead atoms. The quantitative estimate of drug-likeness (QED) is 0.897. The summed E-state index contributed by atoms with van der Waals surface area (Å²) in [5.74, 6) is 0.0854. The van der Waals surface area contributed by atoms with Gasteiger partial charge in [-0.2, -0.15) is 0 Å². The molecule has 1 aliphatic carbocycles. The minimum Gasteiger partial charge on any atom is -0.481 e. The predicted molar refractivity (Wildman–Crippen MR) is 67.2 cm³/mol. The van der Waals surface area contributed by atoms with Gasteiger partial charge >= 0.3 is 5.97 Å². The van der Waals surface area contributed by atoms with E-state index in [0.717, 1.165) is 17.0 Å². The van der Waals surface area contributed by atoms with Crippen molar-refractivity contribution < 1.29 is 9.90 Å². The summed E-state index contributed by atoms with van der Waals surface area (Å²) in [7, 11) is 1.92. The van der Waals surface area contributed by atoms with Gasteiger partial charge in [0.2, 0.25) is 0 Å². The zero-order valence-electron chi connectivity index (χ0n) is 10.1. The van der Waals surface area contributed by atoms with Crippen molar-refractivity contribution in [3.05, 3.63) is 42.2 Å².